The molecule has 0 aromatic heterocycles. The molecule has 4 rings (SSSR count). The average Bonchev–Trinajstić information content (AvgIpc) is 2.93. The fourth-order valence-electron chi connectivity index (χ4n) is 4.54. The molecule has 0 amide bonds. The molecule has 1 aliphatic heterocycles. The number of benzene rings is 1. The highest BCUT2D eigenvalue weighted by molar-refractivity contribution is 7.89. The van der Waals surface area contributed by atoms with Gasteiger partial charge in [0, 0.05) is 12.6 Å². The predicted octanol–water partition coefficient (Wildman–Crippen LogP) is 3.26. The minimum absolute atomic E-state index is 0.160. The maximum Gasteiger partial charge on any atom is 0.416 e. The molecule has 8 heteroatoms. The highest BCUT2D eigenvalue weighted by Gasteiger charge is 2.60. The molecule has 4 atom stereocenters. The van der Waals surface area contributed by atoms with E-state index in [0.29, 0.717) is 30.7 Å². The molecule has 1 aromatic carbocycles. The van der Waals surface area contributed by atoms with Gasteiger partial charge >= 0.3 is 6.18 Å². The zero-order chi connectivity index (χ0) is 16.6. The third-order valence-electron chi connectivity index (χ3n) is 5.61. The Morgan fingerprint density at radius 3 is 2.48 bits per heavy atom. The van der Waals surface area contributed by atoms with Gasteiger partial charge in [0.2, 0.25) is 10.0 Å². The number of nitrogens with zero attached hydrogens (tertiary/aromatic N) is 1. The quantitative estimate of drug-likeness (QED) is 0.769. The summed E-state index contributed by atoms with van der Waals surface area (Å²) in [5, 5.41) is 0. The second kappa shape index (κ2) is 4.69. The number of rotatable bonds is 2. The largest absolute Gasteiger partial charge is 0.416 e. The van der Waals surface area contributed by atoms with E-state index in [1.165, 1.54) is 4.31 Å². The number of halogens is 4. The van der Waals surface area contributed by atoms with Gasteiger partial charge in [-0.05, 0) is 55.2 Å². The fraction of sp³-hybridized carbons (Fsp3) is 0.600. The lowest BCUT2D eigenvalue weighted by Crippen LogP contribution is -2.60. The van der Waals surface area contributed by atoms with E-state index < -0.39 is 32.5 Å². The molecule has 2 bridgehead atoms. The van der Waals surface area contributed by atoms with Crippen molar-refractivity contribution in [2.75, 3.05) is 6.54 Å². The van der Waals surface area contributed by atoms with E-state index >= 15 is 0 Å². The van der Waals surface area contributed by atoms with Crippen LogP contribution in [-0.4, -0.2) is 25.3 Å². The Morgan fingerprint density at radius 1 is 1.13 bits per heavy atom. The molecule has 23 heavy (non-hydrogen) atoms. The van der Waals surface area contributed by atoms with E-state index in [2.05, 4.69) is 0 Å². The summed E-state index contributed by atoms with van der Waals surface area (Å²) in [7, 11) is -4.23. The normalized spacial score (nSPS) is 33.6. The van der Waals surface area contributed by atoms with Crippen LogP contribution in [0.5, 0.6) is 0 Å². The molecule has 3 aliphatic rings. The van der Waals surface area contributed by atoms with Crippen molar-refractivity contribution in [3.63, 3.8) is 0 Å². The van der Waals surface area contributed by atoms with Crippen molar-refractivity contribution in [3.05, 3.63) is 29.6 Å². The number of hydrogen-bond acceptors (Lipinski definition) is 2. The van der Waals surface area contributed by atoms with Crippen LogP contribution in [0.25, 0.3) is 0 Å². The number of alkyl halides is 3. The van der Waals surface area contributed by atoms with Crippen LogP contribution < -0.4 is 0 Å². The summed E-state index contributed by atoms with van der Waals surface area (Å²) in [5.41, 5.74) is -1.15. The Kier molecular flexibility index (Phi) is 3.14. The SMILES string of the molecule is O=S(=O)(c1cc(C(F)(F)F)ccc1F)N1C[C@@H]2[C@H]3CC[C@@H](C3)[C@H]21. The first kappa shape index (κ1) is 15.4. The predicted molar refractivity (Wildman–Crippen MR) is 73.4 cm³/mol. The molecule has 2 aliphatic carbocycles. The standard InChI is InChI=1S/C15H15F4NO2S/c16-12-4-3-10(15(17,18)19)6-13(12)23(21,22)20-7-11-8-1-2-9(5-8)14(11)20/h3-4,6,8-9,11,14H,1-2,5,7H2/t8-,9-,11+,14+/m0/s1. The van der Waals surface area contributed by atoms with Crippen molar-refractivity contribution in [1.29, 1.82) is 0 Å². The fourth-order valence-corrected chi connectivity index (χ4v) is 6.40. The topological polar surface area (TPSA) is 37.4 Å². The number of sulfonamides is 1. The maximum atomic E-state index is 13.9. The van der Waals surface area contributed by atoms with Gasteiger partial charge in [-0.2, -0.15) is 17.5 Å². The van der Waals surface area contributed by atoms with Crippen LogP contribution in [-0.2, 0) is 16.2 Å². The Hall–Kier alpha value is -1.15. The molecule has 0 unspecified atom stereocenters. The summed E-state index contributed by atoms with van der Waals surface area (Å²) in [5.74, 6) is -0.0628. The minimum Gasteiger partial charge on any atom is -0.207 e. The molecule has 2 saturated carbocycles. The first-order valence-corrected chi connectivity index (χ1v) is 9.02. The molecule has 3 fully saturated rings. The second-order valence-corrected chi connectivity index (χ2v) is 8.56. The third kappa shape index (κ3) is 2.14. The summed E-state index contributed by atoms with van der Waals surface area (Å²) in [6.45, 7) is 0.295. The van der Waals surface area contributed by atoms with Crippen molar-refractivity contribution in [3.8, 4) is 0 Å². The Morgan fingerprint density at radius 2 is 1.83 bits per heavy atom. The second-order valence-electron chi connectivity index (χ2n) is 6.71. The summed E-state index contributed by atoms with van der Waals surface area (Å²) in [4.78, 5) is -0.867. The number of hydrogen-bond donors (Lipinski definition) is 0. The monoisotopic (exact) mass is 349 g/mol. The summed E-state index contributed by atoms with van der Waals surface area (Å²) in [6.07, 6.45) is -1.69. The van der Waals surface area contributed by atoms with Gasteiger partial charge in [-0.3, -0.25) is 0 Å². The molecule has 0 N–H and O–H groups in total. The van der Waals surface area contributed by atoms with Gasteiger partial charge in [-0.25, -0.2) is 12.8 Å². The summed E-state index contributed by atoms with van der Waals surface area (Å²) < 4.78 is 78.8. The summed E-state index contributed by atoms with van der Waals surface area (Å²) in [6, 6.07) is 1.39. The summed E-state index contributed by atoms with van der Waals surface area (Å²) >= 11 is 0. The zero-order valence-electron chi connectivity index (χ0n) is 12.1. The molecule has 126 valence electrons. The van der Waals surface area contributed by atoms with Gasteiger partial charge < -0.3 is 0 Å². The van der Waals surface area contributed by atoms with E-state index in [1.54, 1.807) is 0 Å². The molecule has 0 spiro atoms. The average molecular weight is 349 g/mol. The number of fused-ring (bicyclic) bond motifs is 5. The zero-order valence-corrected chi connectivity index (χ0v) is 12.9. The van der Waals surface area contributed by atoms with Crippen molar-refractivity contribution in [2.24, 2.45) is 17.8 Å². The first-order valence-electron chi connectivity index (χ1n) is 7.58. The lowest BCUT2D eigenvalue weighted by atomic mass is 9.79. The van der Waals surface area contributed by atoms with Crippen molar-refractivity contribution < 1.29 is 26.0 Å². The van der Waals surface area contributed by atoms with Gasteiger partial charge in [0.25, 0.3) is 0 Å². The highest BCUT2D eigenvalue weighted by atomic mass is 32.2. The molecule has 1 aromatic rings. The maximum absolute atomic E-state index is 13.9. The van der Waals surface area contributed by atoms with Crippen molar-refractivity contribution in [2.45, 2.75) is 36.4 Å². The van der Waals surface area contributed by atoms with Gasteiger partial charge in [0.05, 0.1) is 5.56 Å². The Bertz CT molecular complexity index is 759. The lowest BCUT2D eigenvalue weighted by Gasteiger charge is -2.49. The highest BCUT2D eigenvalue weighted by Crippen LogP contribution is 2.56. The van der Waals surface area contributed by atoms with Crippen LogP contribution in [0.2, 0.25) is 0 Å². The molecule has 3 nitrogen and oxygen atoms in total. The smallest absolute Gasteiger partial charge is 0.207 e. The minimum atomic E-state index is -4.71. The molecule has 1 saturated heterocycles. The van der Waals surface area contributed by atoms with Gasteiger partial charge in [-0.15, -0.1) is 0 Å². The van der Waals surface area contributed by atoms with Gasteiger partial charge in [0.15, 0.2) is 0 Å². The van der Waals surface area contributed by atoms with Crippen LogP contribution in [0, 0.1) is 23.6 Å². The van der Waals surface area contributed by atoms with Gasteiger partial charge in [-0.1, -0.05) is 0 Å². The lowest BCUT2D eigenvalue weighted by molar-refractivity contribution is -0.137. The van der Waals surface area contributed by atoms with E-state index in [0.717, 1.165) is 19.3 Å². The Labute approximate surface area is 131 Å². The van der Waals surface area contributed by atoms with Crippen LogP contribution in [0.15, 0.2) is 23.1 Å². The van der Waals surface area contributed by atoms with Gasteiger partial charge in [0.1, 0.15) is 10.7 Å². The Balaban J connectivity index is 1.70. The van der Waals surface area contributed by atoms with Crippen LogP contribution in [0.1, 0.15) is 24.8 Å². The van der Waals surface area contributed by atoms with Crippen molar-refractivity contribution >= 4 is 10.0 Å². The van der Waals surface area contributed by atoms with E-state index in [1.807, 2.05) is 0 Å². The third-order valence-corrected chi connectivity index (χ3v) is 7.49. The molecule has 1 heterocycles. The van der Waals surface area contributed by atoms with E-state index in [-0.39, 0.29) is 17.9 Å². The van der Waals surface area contributed by atoms with Crippen LogP contribution in [0.4, 0.5) is 17.6 Å². The molecular weight excluding hydrogens is 334 g/mol. The van der Waals surface area contributed by atoms with Crippen LogP contribution in [0.3, 0.4) is 0 Å². The van der Waals surface area contributed by atoms with Crippen molar-refractivity contribution in [1.82, 2.24) is 4.31 Å². The first-order chi connectivity index (χ1) is 10.7. The molecular formula is C15H15F4NO2S. The van der Waals surface area contributed by atoms with E-state index in [9.17, 15) is 26.0 Å². The van der Waals surface area contributed by atoms with Crippen LogP contribution >= 0.6 is 0 Å². The van der Waals surface area contributed by atoms with E-state index in [4.69, 9.17) is 0 Å². The molecule has 0 radical (unpaired) electrons.